The van der Waals surface area contributed by atoms with Crippen LogP contribution in [0.2, 0.25) is 0 Å². The predicted octanol–water partition coefficient (Wildman–Crippen LogP) is 6.33. The van der Waals surface area contributed by atoms with Crippen molar-refractivity contribution in [3.8, 4) is 6.07 Å². The zero-order chi connectivity index (χ0) is 31.7. The Bertz CT molecular complexity index is 1330. The summed E-state index contributed by atoms with van der Waals surface area (Å²) in [5.41, 5.74) is 7.44. The van der Waals surface area contributed by atoms with Crippen molar-refractivity contribution in [1.29, 1.82) is 5.26 Å². The number of hydrogen-bond acceptors (Lipinski definition) is 9. The molecular weight excluding hydrogens is 565 g/mol. The van der Waals surface area contributed by atoms with Gasteiger partial charge in [0.15, 0.2) is 11.4 Å². The van der Waals surface area contributed by atoms with Crippen molar-refractivity contribution < 1.29 is 23.4 Å². The van der Waals surface area contributed by atoms with Crippen LogP contribution in [0, 0.1) is 28.1 Å². The molecule has 1 aliphatic rings. The molecule has 2 heterocycles. The standard InChI is InChI=1S/C32H48N5O5P/c1-24-10-8-9-11-25(16-24)18-40-27(17-31(5,6)20-30(2,3)4)19-41-43(38)42-22-32(21-33,39-7)15-14-26-12-13-28-29(34)35-23-36-37(26)28/h8-13,16,23-24,27,38H,14-15,17-20,22H2,1-7H3,(H2,34,35,36). The summed E-state index contributed by atoms with van der Waals surface area (Å²) >= 11 is 0. The predicted molar refractivity (Wildman–Crippen MR) is 170 cm³/mol. The third-order valence-electron chi connectivity index (χ3n) is 7.31. The number of nitrogens with zero attached hydrogens (tertiary/aromatic N) is 4. The molecule has 0 saturated heterocycles. The Hall–Kier alpha value is -2.64. The zero-order valence-corrected chi connectivity index (χ0v) is 27.5. The van der Waals surface area contributed by atoms with E-state index in [1.54, 1.807) is 4.52 Å². The first-order valence-electron chi connectivity index (χ1n) is 14.7. The summed E-state index contributed by atoms with van der Waals surface area (Å²) < 4.78 is 25.1. The van der Waals surface area contributed by atoms with Gasteiger partial charge in [0.2, 0.25) is 0 Å². The van der Waals surface area contributed by atoms with Gasteiger partial charge in [-0.2, -0.15) is 10.4 Å². The van der Waals surface area contributed by atoms with Gasteiger partial charge in [-0.15, -0.1) is 0 Å². The highest BCUT2D eigenvalue weighted by Crippen LogP contribution is 2.40. The molecule has 3 rings (SSSR count). The highest BCUT2D eigenvalue weighted by atomic mass is 31.2. The van der Waals surface area contributed by atoms with Gasteiger partial charge in [-0.05, 0) is 60.1 Å². The van der Waals surface area contributed by atoms with E-state index in [0.717, 1.165) is 24.1 Å². The van der Waals surface area contributed by atoms with Crippen molar-refractivity contribution in [2.75, 3.05) is 32.7 Å². The summed E-state index contributed by atoms with van der Waals surface area (Å²) in [6.45, 7) is 13.7. The lowest BCUT2D eigenvalue weighted by molar-refractivity contribution is -0.0227. The second-order valence-corrected chi connectivity index (χ2v) is 14.3. The molecule has 0 aliphatic heterocycles. The molecule has 43 heavy (non-hydrogen) atoms. The Morgan fingerprint density at radius 2 is 1.95 bits per heavy atom. The smallest absolute Gasteiger partial charge is 0.330 e. The van der Waals surface area contributed by atoms with Crippen LogP contribution in [0.4, 0.5) is 5.82 Å². The molecular formula is C32H48N5O5P. The van der Waals surface area contributed by atoms with Gasteiger partial charge >= 0.3 is 8.60 Å². The number of anilines is 1. The van der Waals surface area contributed by atoms with Gasteiger partial charge in [-0.3, -0.25) is 0 Å². The van der Waals surface area contributed by atoms with Crippen molar-refractivity contribution in [2.45, 2.75) is 78.9 Å². The third kappa shape index (κ3) is 11.1. The molecule has 0 aromatic carbocycles. The molecule has 0 bridgehead atoms. The van der Waals surface area contributed by atoms with Crippen molar-refractivity contribution in [2.24, 2.45) is 16.7 Å². The van der Waals surface area contributed by atoms with Crippen LogP contribution in [0.15, 0.2) is 54.4 Å². The first-order chi connectivity index (χ1) is 20.2. The van der Waals surface area contributed by atoms with Gasteiger partial charge < -0.3 is 29.1 Å². The monoisotopic (exact) mass is 613 g/mol. The minimum atomic E-state index is -2.27. The Labute approximate surface area is 257 Å². The van der Waals surface area contributed by atoms with E-state index in [9.17, 15) is 10.2 Å². The highest BCUT2D eigenvalue weighted by Gasteiger charge is 2.33. The third-order valence-corrected chi connectivity index (χ3v) is 8.03. The van der Waals surface area contributed by atoms with E-state index in [0.29, 0.717) is 36.7 Å². The van der Waals surface area contributed by atoms with Gasteiger partial charge in [0.1, 0.15) is 17.9 Å². The van der Waals surface area contributed by atoms with Crippen LogP contribution in [-0.4, -0.2) is 58.1 Å². The van der Waals surface area contributed by atoms with Crippen LogP contribution in [0.3, 0.4) is 0 Å². The van der Waals surface area contributed by atoms with Crippen molar-refractivity contribution in [3.05, 3.63) is 60.1 Å². The number of ether oxygens (including phenoxy) is 2. The largest absolute Gasteiger partial charge is 0.382 e. The van der Waals surface area contributed by atoms with Crippen LogP contribution in [0.25, 0.3) is 5.52 Å². The van der Waals surface area contributed by atoms with Gasteiger partial charge in [0.25, 0.3) is 0 Å². The molecule has 0 spiro atoms. The summed E-state index contributed by atoms with van der Waals surface area (Å²) in [6.07, 6.45) is 14.1. The van der Waals surface area contributed by atoms with E-state index in [1.165, 1.54) is 13.4 Å². The highest BCUT2D eigenvalue weighted by molar-refractivity contribution is 7.40. The summed E-state index contributed by atoms with van der Waals surface area (Å²) in [5.74, 6) is 0.701. The maximum atomic E-state index is 10.7. The van der Waals surface area contributed by atoms with E-state index < -0.39 is 14.2 Å². The maximum absolute atomic E-state index is 10.7. The van der Waals surface area contributed by atoms with E-state index in [2.05, 4.69) is 75.9 Å². The first kappa shape index (κ1) is 34.8. The quantitative estimate of drug-likeness (QED) is 0.208. The number of nitrogens with two attached hydrogens (primary N) is 1. The minimum absolute atomic E-state index is 0.0154. The number of nitrogen functional groups attached to an aromatic ring is 1. The summed E-state index contributed by atoms with van der Waals surface area (Å²) in [7, 11) is -0.818. The van der Waals surface area contributed by atoms with Crippen LogP contribution in [0.1, 0.15) is 66.5 Å². The van der Waals surface area contributed by atoms with E-state index >= 15 is 0 Å². The molecule has 2 aromatic heterocycles. The van der Waals surface area contributed by atoms with Crippen molar-refractivity contribution in [1.82, 2.24) is 14.6 Å². The number of rotatable bonds is 16. The molecule has 0 saturated carbocycles. The van der Waals surface area contributed by atoms with Crippen LogP contribution < -0.4 is 5.73 Å². The number of methoxy groups -OCH3 is 1. The first-order valence-corrected chi connectivity index (χ1v) is 15.8. The average molecular weight is 614 g/mol. The zero-order valence-electron chi connectivity index (χ0n) is 26.6. The second kappa shape index (κ2) is 15.4. The number of fused-ring (bicyclic) bond motifs is 1. The fourth-order valence-electron chi connectivity index (χ4n) is 5.70. The van der Waals surface area contributed by atoms with Gasteiger partial charge in [-0.25, -0.2) is 9.50 Å². The SMILES string of the molecule is COC(C#N)(CCc1ccc2c(N)ncnn12)COP(O)OCC(CC(C)(C)CC(C)(C)C)OCC1=CC(C)C=CC=C1. The van der Waals surface area contributed by atoms with Gasteiger partial charge in [-0.1, -0.05) is 71.9 Å². The minimum Gasteiger partial charge on any atom is -0.382 e. The van der Waals surface area contributed by atoms with Crippen LogP contribution in [0.5, 0.6) is 0 Å². The Kier molecular flexibility index (Phi) is 12.5. The molecule has 4 unspecified atom stereocenters. The number of hydrogen-bond donors (Lipinski definition) is 2. The molecule has 1 aliphatic carbocycles. The summed E-state index contributed by atoms with van der Waals surface area (Å²) in [5, 5.41) is 14.2. The molecule has 10 nitrogen and oxygen atoms in total. The van der Waals surface area contributed by atoms with E-state index in [4.69, 9.17) is 24.3 Å². The summed E-state index contributed by atoms with van der Waals surface area (Å²) in [4.78, 5) is 14.7. The topological polar surface area (TPSA) is 137 Å². The Morgan fingerprint density at radius 1 is 1.19 bits per heavy atom. The molecule has 236 valence electrons. The van der Waals surface area contributed by atoms with E-state index in [-0.39, 0.29) is 30.1 Å². The van der Waals surface area contributed by atoms with Gasteiger partial charge in [0.05, 0.1) is 25.9 Å². The Morgan fingerprint density at radius 3 is 2.65 bits per heavy atom. The van der Waals surface area contributed by atoms with Crippen LogP contribution in [-0.2, 0) is 24.9 Å². The molecule has 0 radical (unpaired) electrons. The molecule has 3 N–H and O–H groups in total. The normalized spacial score (nSPS) is 18.6. The maximum Gasteiger partial charge on any atom is 0.330 e. The number of nitriles is 1. The fourth-order valence-corrected chi connectivity index (χ4v) is 6.39. The fraction of sp³-hybridized carbons (Fsp3) is 0.594. The number of allylic oxidation sites excluding steroid dienone is 4. The average Bonchev–Trinajstić information content (AvgIpc) is 3.24. The number of aromatic nitrogens is 3. The van der Waals surface area contributed by atoms with Crippen molar-refractivity contribution >= 4 is 19.9 Å². The second-order valence-electron chi connectivity index (χ2n) is 13.3. The molecule has 0 amide bonds. The lowest BCUT2D eigenvalue weighted by Gasteiger charge is -2.35. The van der Waals surface area contributed by atoms with E-state index in [1.807, 2.05) is 24.3 Å². The lowest BCUT2D eigenvalue weighted by atomic mass is 9.73. The lowest BCUT2D eigenvalue weighted by Crippen LogP contribution is -2.35. The summed E-state index contributed by atoms with van der Waals surface area (Å²) in [6, 6.07) is 5.94. The molecule has 2 aromatic rings. The Balaban J connectivity index is 1.60. The number of aryl methyl sites for hydroxylation is 1. The van der Waals surface area contributed by atoms with Crippen LogP contribution >= 0.6 is 8.60 Å². The van der Waals surface area contributed by atoms with Gasteiger partial charge in [0, 0.05) is 12.8 Å². The van der Waals surface area contributed by atoms with Crippen molar-refractivity contribution in [3.63, 3.8) is 0 Å². The molecule has 4 atom stereocenters. The molecule has 0 fully saturated rings. The molecule has 11 heteroatoms.